The number of benzene rings is 2. The average Bonchev–Trinajstić information content (AvgIpc) is 2.69. The molecule has 0 atom stereocenters. The number of ether oxygens (including phenoxy) is 1. The molecule has 2 aromatic rings. The van der Waals surface area contributed by atoms with Gasteiger partial charge >= 0.3 is 11.8 Å². The Balaban J connectivity index is 1.19. The van der Waals surface area contributed by atoms with Gasteiger partial charge in [-0.05, 0) is 92.7 Å². The van der Waals surface area contributed by atoms with Crippen molar-refractivity contribution in [2.24, 2.45) is 17.8 Å². The fraction of sp³-hybridized carbons (Fsp3) is 0.417. The van der Waals surface area contributed by atoms with Crippen molar-refractivity contribution in [3.05, 3.63) is 54.6 Å². The van der Waals surface area contributed by atoms with Crippen LogP contribution in [-0.2, 0) is 9.59 Å². The van der Waals surface area contributed by atoms with Crippen molar-refractivity contribution < 1.29 is 14.3 Å². The van der Waals surface area contributed by atoms with Crippen LogP contribution in [0.1, 0.15) is 38.5 Å². The van der Waals surface area contributed by atoms with Gasteiger partial charge in [0.1, 0.15) is 11.5 Å². The molecule has 4 aliphatic carbocycles. The fourth-order valence-electron chi connectivity index (χ4n) is 5.98. The van der Waals surface area contributed by atoms with Crippen LogP contribution in [0.5, 0.6) is 11.5 Å². The Labute approximate surface area is 170 Å². The summed E-state index contributed by atoms with van der Waals surface area (Å²) in [6.45, 7) is 0. The minimum absolute atomic E-state index is 0.156. The molecular formula is C24H26N2O3. The highest BCUT2D eigenvalue weighted by atomic mass is 16.5. The zero-order valence-corrected chi connectivity index (χ0v) is 16.4. The lowest BCUT2D eigenvalue weighted by Crippen LogP contribution is -2.61. The molecule has 6 rings (SSSR count). The summed E-state index contributed by atoms with van der Waals surface area (Å²) >= 11 is 0. The van der Waals surface area contributed by atoms with Gasteiger partial charge in [0, 0.05) is 11.2 Å². The molecular weight excluding hydrogens is 364 g/mol. The van der Waals surface area contributed by atoms with Gasteiger partial charge in [0.2, 0.25) is 0 Å². The van der Waals surface area contributed by atoms with Gasteiger partial charge in [0.05, 0.1) is 0 Å². The second kappa shape index (κ2) is 7.21. The van der Waals surface area contributed by atoms with Gasteiger partial charge in [0.15, 0.2) is 0 Å². The monoisotopic (exact) mass is 390 g/mol. The smallest absolute Gasteiger partial charge is 0.313 e. The van der Waals surface area contributed by atoms with E-state index in [1.807, 2.05) is 30.3 Å². The Bertz CT molecular complexity index is 872. The third-order valence-electron chi connectivity index (χ3n) is 6.71. The van der Waals surface area contributed by atoms with E-state index in [9.17, 15) is 9.59 Å². The summed E-state index contributed by atoms with van der Waals surface area (Å²) < 4.78 is 5.75. The molecule has 0 unspecified atom stereocenters. The van der Waals surface area contributed by atoms with E-state index < -0.39 is 11.8 Å². The molecule has 4 fully saturated rings. The molecule has 4 aliphatic rings. The van der Waals surface area contributed by atoms with Crippen molar-refractivity contribution in [1.82, 2.24) is 5.32 Å². The molecule has 2 N–H and O–H groups in total. The first kappa shape index (κ1) is 18.2. The van der Waals surface area contributed by atoms with Crippen molar-refractivity contribution in [2.75, 3.05) is 5.32 Å². The number of hydrogen-bond acceptors (Lipinski definition) is 3. The second-order valence-electron chi connectivity index (χ2n) is 9.05. The van der Waals surface area contributed by atoms with Gasteiger partial charge in [0.25, 0.3) is 0 Å². The number of hydrogen-bond donors (Lipinski definition) is 2. The maximum atomic E-state index is 12.6. The highest BCUT2D eigenvalue weighted by Crippen LogP contribution is 2.55. The zero-order chi connectivity index (χ0) is 19.8. The SMILES string of the molecule is O=C(Nc1ccc(Oc2ccccc2)cc1)C(=O)NC12CC3CC(CC(C3)C1)C2. The maximum absolute atomic E-state index is 12.6. The molecule has 4 bridgehead atoms. The van der Waals surface area contributed by atoms with Crippen LogP contribution >= 0.6 is 0 Å². The van der Waals surface area contributed by atoms with Crippen LogP contribution < -0.4 is 15.4 Å². The van der Waals surface area contributed by atoms with Crippen LogP contribution in [0, 0.1) is 17.8 Å². The molecule has 0 saturated heterocycles. The lowest BCUT2D eigenvalue weighted by Gasteiger charge is -2.56. The summed E-state index contributed by atoms with van der Waals surface area (Å²) in [4.78, 5) is 25.1. The maximum Gasteiger partial charge on any atom is 0.313 e. The minimum atomic E-state index is -0.600. The van der Waals surface area contributed by atoms with Gasteiger partial charge in [-0.3, -0.25) is 9.59 Å². The van der Waals surface area contributed by atoms with Crippen molar-refractivity contribution >= 4 is 17.5 Å². The van der Waals surface area contributed by atoms with Gasteiger partial charge in [-0.15, -0.1) is 0 Å². The largest absolute Gasteiger partial charge is 0.457 e. The van der Waals surface area contributed by atoms with E-state index in [0.717, 1.165) is 42.8 Å². The molecule has 2 aromatic carbocycles. The van der Waals surface area contributed by atoms with Gasteiger partial charge in [-0.1, -0.05) is 18.2 Å². The molecule has 150 valence electrons. The van der Waals surface area contributed by atoms with E-state index in [0.29, 0.717) is 11.4 Å². The van der Waals surface area contributed by atoms with Gasteiger partial charge in [-0.25, -0.2) is 0 Å². The molecule has 29 heavy (non-hydrogen) atoms. The number of anilines is 1. The third kappa shape index (κ3) is 3.86. The lowest BCUT2D eigenvalue weighted by molar-refractivity contribution is -0.139. The first-order valence-electron chi connectivity index (χ1n) is 10.5. The van der Waals surface area contributed by atoms with Crippen LogP contribution in [0.15, 0.2) is 54.6 Å². The van der Waals surface area contributed by atoms with Crippen LogP contribution in [0.3, 0.4) is 0 Å². The van der Waals surface area contributed by atoms with E-state index >= 15 is 0 Å². The molecule has 0 radical (unpaired) electrons. The van der Waals surface area contributed by atoms with Crippen molar-refractivity contribution in [2.45, 2.75) is 44.1 Å². The Morgan fingerprint density at radius 1 is 0.759 bits per heavy atom. The lowest BCUT2D eigenvalue weighted by atomic mass is 9.53. The van der Waals surface area contributed by atoms with Crippen LogP contribution in [0.4, 0.5) is 5.69 Å². The number of para-hydroxylation sites is 1. The van der Waals surface area contributed by atoms with Crippen LogP contribution in [0.2, 0.25) is 0 Å². The Morgan fingerprint density at radius 2 is 1.31 bits per heavy atom. The molecule has 0 heterocycles. The fourth-order valence-corrected chi connectivity index (χ4v) is 5.98. The molecule has 0 aromatic heterocycles. The van der Waals surface area contributed by atoms with E-state index in [1.54, 1.807) is 24.3 Å². The Kier molecular flexibility index (Phi) is 4.53. The zero-order valence-electron chi connectivity index (χ0n) is 16.4. The predicted molar refractivity (Wildman–Crippen MR) is 111 cm³/mol. The highest BCUT2D eigenvalue weighted by Gasteiger charge is 2.51. The number of amides is 2. The van der Waals surface area contributed by atoms with Gasteiger partial charge in [-0.2, -0.15) is 0 Å². The first-order chi connectivity index (χ1) is 14.1. The van der Waals surface area contributed by atoms with E-state index in [2.05, 4.69) is 10.6 Å². The second-order valence-corrected chi connectivity index (χ2v) is 9.05. The average molecular weight is 390 g/mol. The summed E-state index contributed by atoms with van der Waals surface area (Å²) in [6, 6.07) is 16.6. The summed E-state index contributed by atoms with van der Waals surface area (Å²) in [5, 5.41) is 5.82. The molecule has 5 heteroatoms. The summed E-state index contributed by atoms with van der Waals surface area (Å²) in [5.74, 6) is 2.48. The normalized spacial score (nSPS) is 29.3. The van der Waals surface area contributed by atoms with E-state index in [4.69, 9.17) is 4.74 Å². The molecule has 0 aliphatic heterocycles. The first-order valence-corrected chi connectivity index (χ1v) is 10.5. The Morgan fingerprint density at radius 3 is 1.90 bits per heavy atom. The molecule has 0 spiro atoms. The topological polar surface area (TPSA) is 67.4 Å². The summed E-state index contributed by atoms with van der Waals surface area (Å²) in [6.07, 6.45) is 7.01. The number of carbonyl (C=O) groups excluding carboxylic acids is 2. The third-order valence-corrected chi connectivity index (χ3v) is 6.71. The number of carbonyl (C=O) groups is 2. The van der Waals surface area contributed by atoms with Gasteiger partial charge < -0.3 is 15.4 Å². The quantitative estimate of drug-likeness (QED) is 0.755. The van der Waals surface area contributed by atoms with Crippen molar-refractivity contribution in [3.8, 4) is 11.5 Å². The highest BCUT2D eigenvalue weighted by molar-refractivity contribution is 6.39. The minimum Gasteiger partial charge on any atom is -0.457 e. The van der Waals surface area contributed by atoms with Crippen LogP contribution in [0.25, 0.3) is 0 Å². The molecule has 2 amide bonds. The summed E-state index contributed by atoms with van der Waals surface area (Å²) in [5.41, 5.74) is 0.424. The molecule has 5 nitrogen and oxygen atoms in total. The number of rotatable bonds is 4. The van der Waals surface area contributed by atoms with Crippen molar-refractivity contribution in [1.29, 1.82) is 0 Å². The number of nitrogens with one attached hydrogen (secondary N) is 2. The predicted octanol–water partition coefficient (Wildman–Crippen LogP) is 4.50. The Hall–Kier alpha value is -2.82. The standard InChI is InChI=1S/C24H26N2O3/c27-22(23(28)26-24-13-16-10-17(14-24)12-18(11-16)15-24)25-19-6-8-21(9-7-19)29-20-4-2-1-3-5-20/h1-9,16-18H,10-15H2,(H,25,27)(H,26,28). The molecule has 4 saturated carbocycles. The van der Waals surface area contributed by atoms with Crippen molar-refractivity contribution in [3.63, 3.8) is 0 Å². The van der Waals surface area contributed by atoms with E-state index in [1.165, 1.54) is 19.3 Å². The van der Waals surface area contributed by atoms with Crippen LogP contribution in [-0.4, -0.2) is 17.4 Å². The summed E-state index contributed by atoms with van der Waals surface area (Å²) in [7, 11) is 0. The van der Waals surface area contributed by atoms with E-state index in [-0.39, 0.29) is 5.54 Å².